The highest BCUT2D eigenvalue weighted by molar-refractivity contribution is 7.93. The van der Waals surface area contributed by atoms with Gasteiger partial charge in [0.2, 0.25) is 14.2 Å². The Labute approximate surface area is 141 Å². The number of aryl methyl sites for hydroxylation is 1. The molecule has 0 unspecified atom stereocenters. The van der Waals surface area contributed by atoms with Crippen molar-refractivity contribution in [3.63, 3.8) is 0 Å². The lowest BCUT2D eigenvalue weighted by atomic mass is 10.2. The fraction of sp³-hybridized carbons (Fsp3) is 0.214. The number of halogens is 1. The summed E-state index contributed by atoms with van der Waals surface area (Å²) in [5.74, 6) is -0.0787. The third-order valence-electron chi connectivity index (χ3n) is 3.37. The van der Waals surface area contributed by atoms with Crippen LogP contribution in [-0.2, 0) is 9.84 Å². The molecule has 0 fully saturated rings. The van der Waals surface area contributed by atoms with Crippen LogP contribution in [0.4, 0.5) is 0 Å². The summed E-state index contributed by atoms with van der Waals surface area (Å²) in [7, 11) is -3.48. The minimum absolute atomic E-state index is 0.0787. The van der Waals surface area contributed by atoms with E-state index >= 15 is 0 Å². The second-order valence-corrected chi connectivity index (χ2v) is 8.72. The maximum Gasteiger partial charge on any atom is 0.277 e. The van der Waals surface area contributed by atoms with Crippen molar-refractivity contribution < 1.29 is 8.42 Å². The molecule has 0 aliphatic rings. The number of nitrogens with zero attached hydrogens (tertiary/aromatic N) is 3. The molecular formula is C14H12ClN3O3S2. The highest BCUT2D eigenvalue weighted by Gasteiger charge is 2.21. The summed E-state index contributed by atoms with van der Waals surface area (Å²) in [5, 5.41) is 0.416. The number of fused-ring (bicyclic) bond motifs is 1. The molecule has 3 rings (SSSR count). The van der Waals surface area contributed by atoms with Crippen molar-refractivity contribution in [2.24, 2.45) is 0 Å². The zero-order valence-electron chi connectivity index (χ0n) is 12.3. The van der Waals surface area contributed by atoms with E-state index < -0.39 is 9.84 Å². The Kier molecular flexibility index (Phi) is 3.99. The van der Waals surface area contributed by atoms with Gasteiger partial charge in [-0.25, -0.2) is 18.4 Å². The van der Waals surface area contributed by atoms with Crippen molar-refractivity contribution >= 4 is 43.1 Å². The third-order valence-corrected chi connectivity index (χ3v) is 6.90. The molecule has 1 aromatic carbocycles. The number of sulfone groups is 1. The summed E-state index contributed by atoms with van der Waals surface area (Å²) < 4.78 is 25.3. The van der Waals surface area contributed by atoms with Gasteiger partial charge in [-0.2, -0.15) is 0 Å². The van der Waals surface area contributed by atoms with Gasteiger partial charge >= 0.3 is 0 Å². The first-order valence-corrected chi connectivity index (χ1v) is 9.56. The standard InChI is InChI=1S/C14H12ClN3O3S2/c1-3-23(20,21)14-17-12-11(22-14)13(19)18(7-16-12)10-8(2)5-4-6-9(10)15/h4-7H,3H2,1-2H3. The zero-order chi connectivity index (χ0) is 16.8. The molecule has 0 saturated heterocycles. The molecule has 23 heavy (non-hydrogen) atoms. The lowest BCUT2D eigenvalue weighted by molar-refractivity contribution is 0.596. The van der Waals surface area contributed by atoms with Crippen LogP contribution in [0.1, 0.15) is 12.5 Å². The van der Waals surface area contributed by atoms with Crippen molar-refractivity contribution in [2.75, 3.05) is 5.75 Å². The molecule has 6 nitrogen and oxygen atoms in total. The van der Waals surface area contributed by atoms with Crippen LogP contribution in [0.25, 0.3) is 16.0 Å². The number of benzene rings is 1. The molecule has 0 radical (unpaired) electrons. The Morgan fingerprint density at radius 1 is 1.35 bits per heavy atom. The SMILES string of the molecule is CCS(=O)(=O)c1nc2ncn(-c3c(C)cccc3Cl)c(=O)c2s1. The maximum atomic E-state index is 12.7. The zero-order valence-corrected chi connectivity index (χ0v) is 14.7. The van der Waals surface area contributed by atoms with E-state index in [1.54, 1.807) is 12.1 Å². The first-order chi connectivity index (χ1) is 10.8. The number of hydrogen-bond donors (Lipinski definition) is 0. The topological polar surface area (TPSA) is 81.9 Å². The molecule has 120 valence electrons. The number of para-hydroxylation sites is 1. The smallest absolute Gasteiger partial charge is 0.267 e. The lowest BCUT2D eigenvalue weighted by Crippen LogP contribution is -2.19. The van der Waals surface area contributed by atoms with Crippen LogP contribution in [0.5, 0.6) is 0 Å². The molecule has 0 N–H and O–H groups in total. The lowest BCUT2D eigenvalue weighted by Gasteiger charge is -2.10. The molecule has 2 aromatic heterocycles. The monoisotopic (exact) mass is 369 g/mol. The first kappa shape index (κ1) is 16.1. The minimum atomic E-state index is -3.48. The van der Waals surface area contributed by atoms with E-state index in [2.05, 4.69) is 9.97 Å². The Hall–Kier alpha value is -1.77. The quantitative estimate of drug-likeness (QED) is 0.708. The molecule has 0 atom stereocenters. The summed E-state index contributed by atoms with van der Waals surface area (Å²) in [6.07, 6.45) is 1.32. The first-order valence-electron chi connectivity index (χ1n) is 6.71. The van der Waals surface area contributed by atoms with Gasteiger partial charge in [-0.3, -0.25) is 9.36 Å². The van der Waals surface area contributed by atoms with Gasteiger partial charge in [0.15, 0.2) is 5.65 Å². The van der Waals surface area contributed by atoms with Gasteiger partial charge in [0.25, 0.3) is 5.56 Å². The van der Waals surface area contributed by atoms with E-state index in [9.17, 15) is 13.2 Å². The van der Waals surface area contributed by atoms with Crippen LogP contribution in [-0.4, -0.2) is 28.7 Å². The fourth-order valence-electron chi connectivity index (χ4n) is 2.14. The van der Waals surface area contributed by atoms with Crippen LogP contribution < -0.4 is 5.56 Å². The van der Waals surface area contributed by atoms with Crippen molar-refractivity contribution in [1.29, 1.82) is 0 Å². The molecule has 0 aliphatic heterocycles. The Morgan fingerprint density at radius 3 is 2.74 bits per heavy atom. The third kappa shape index (κ3) is 2.66. The number of hydrogen-bond acceptors (Lipinski definition) is 6. The van der Waals surface area contributed by atoms with E-state index in [0.717, 1.165) is 16.9 Å². The number of thiazole rings is 1. The van der Waals surface area contributed by atoms with Crippen molar-refractivity contribution in [3.8, 4) is 5.69 Å². The molecule has 0 saturated carbocycles. The predicted molar refractivity (Wildman–Crippen MR) is 90.5 cm³/mol. The van der Waals surface area contributed by atoms with Gasteiger partial charge in [0, 0.05) is 0 Å². The van der Waals surface area contributed by atoms with Crippen LogP contribution in [0.3, 0.4) is 0 Å². The molecule has 0 amide bonds. The van der Waals surface area contributed by atoms with Crippen molar-refractivity contribution in [3.05, 3.63) is 45.5 Å². The fourth-order valence-corrected chi connectivity index (χ4v) is 4.72. The summed E-state index contributed by atoms with van der Waals surface area (Å²) in [6.45, 7) is 3.36. The molecule has 0 spiro atoms. The molecular weight excluding hydrogens is 358 g/mol. The average Bonchev–Trinajstić information content (AvgIpc) is 2.95. The minimum Gasteiger partial charge on any atom is -0.267 e. The molecule has 9 heteroatoms. The van der Waals surface area contributed by atoms with E-state index in [1.165, 1.54) is 17.8 Å². The largest absolute Gasteiger partial charge is 0.277 e. The van der Waals surface area contributed by atoms with Crippen molar-refractivity contribution in [2.45, 2.75) is 18.2 Å². The predicted octanol–water partition coefficient (Wildman–Crippen LogP) is 2.60. The number of rotatable bonds is 3. The van der Waals surface area contributed by atoms with Gasteiger partial charge in [0.05, 0.1) is 16.5 Å². The van der Waals surface area contributed by atoms with Gasteiger partial charge in [-0.05, 0) is 18.6 Å². The van der Waals surface area contributed by atoms with E-state index in [0.29, 0.717) is 10.7 Å². The maximum absolute atomic E-state index is 12.7. The molecule has 3 aromatic rings. The average molecular weight is 370 g/mol. The van der Waals surface area contributed by atoms with Gasteiger partial charge < -0.3 is 0 Å². The Balaban J connectivity index is 2.31. The summed E-state index contributed by atoms with van der Waals surface area (Å²) in [6, 6.07) is 5.30. The molecule has 0 aliphatic carbocycles. The van der Waals surface area contributed by atoms with E-state index in [-0.39, 0.29) is 26.0 Å². The highest BCUT2D eigenvalue weighted by atomic mass is 35.5. The summed E-state index contributed by atoms with van der Waals surface area (Å²) in [5.41, 5.74) is 1.09. The highest BCUT2D eigenvalue weighted by Crippen LogP contribution is 2.25. The summed E-state index contributed by atoms with van der Waals surface area (Å²) >= 11 is 7.03. The van der Waals surface area contributed by atoms with Crippen LogP contribution in [0, 0.1) is 6.92 Å². The molecule has 0 bridgehead atoms. The van der Waals surface area contributed by atoms with Gasteiger partial charge in [-0.1, -0.05) is 42.0 Å². The Bertz CT molecular complexity index is 1050. The van der Waals surface area contributed by atoms with Gasteiger partial charge in [-0.15, -0.1) is 0 Å². The van der Waals surface area contributed by atoms with E-state index in [4.69, 9.17) is 11.6 Å². The second kappa shape index (κ2) is 5.70. The van der Waals surface area contributed by atoms with Gasteiger partial charge in [0.1, 0.15) is 11.0 Å². The summed E-state index contributed by atoms with van der Waals surface area (Å²) in [4.78, 5) is 20.8. The van der Waals surface area contributed by atoms with Crippen LogP contribution in [0.15, 0.2) is 33.7 Å². The number of aromatic nitrogens is 3. The van der Waals surface area contributed by atoms with Crippen LogP contribution in [0.2, 0.25) is 5.02 Å². The normalized spacial score (nSPS) is 12.0. The van der Waals surface area contributed by atoms with Crippen LogP contribution >= 0.6 is 22.9 Å². The second-order valence-electron chi connectivity index (χ2n) is 4.86. The van der Waals surface area contributed by atoms with E-state index in [1.807, 2.05) is 13.0 Å². The molecule has 2 heterocycles. The van der Waals surface area contributed by atoms with Crippen molar-refractivity contribution in [1.82, 2.24) is 14.5 Å². The Morgan fingerprint density at radius 2 is 2.09 bits per heavy atom.